The highest BCUT2D eigenvalue weighted by Crippen LogP contribution is 2.26. The predicted molar refractivity (Wildman–Crippen MR) is 121 cm³/mol. The Morgan fingerprint density at radius 2 is 1.77 bits per heavy atom. The topological polar surface area (TPSA) is 63.9 Å². The van der Waals surface area contributed by atoms with Gasteiger partial charge >= 0.3 is 0 Å². The number of benzene rings is 1. The van der Waals surface area contributed by atoms with Gasteiger partial charge in [0, 0.05) is 36.6 Å². The van der Waals surface area contributed by atoms with Crippen LogP contribution in [0.3, 0.4) is 0 Å². The van der Waals surface area contributed by atoms with Crippen LogP contribution in [-0.4, -0.2) is 41.8 Å². The standard InChI is InChI=1S/C23H29N5OS/c1-5-15-27-21(19-11-13-24-14-12-19)25-26-22(27)30-17-20(29)28(23(2,3)4)16-18-9-7-6-8-10-18/h6-14H,5,15-17H2,1-4H3. The Kier molecular flexibility index (Phi) is 7.26. The summed E-state index contributed by atoms with van der Waals surface area (Å²) < 4.78 is 2.09. The summed E-state index contributed by atoms with van der Waals surface area (Å²) in [5.41, 5.74) is 1.83. The smallest absolute Gasteiger partial charge is 0.233 e. The molecule has 0 aliphatic carbocycles. The second-order valence-electron chi connectivity index (χ2n) is 8.12. The Hall–Kier alpha value is -2.67. The summed E-state index contributed by atoms with van der Waals surface area (Å²) in [6.45, 7) is 9.72. The van der Waals surface area contributed by atoms with Crippen molar-refractivity contribution in [3.63, 3.8) is 0 Å². The molecular formula is C23H29N5OS. The summed E-state index contributed by atoms with van der Waals surface area (Å²) in [4.78, 5) is 19.2. The fraction of sp³-hybridized carbons (Fsp3) is 0.391. The molecule has 1 aromatic carbocycles. The maximum Gasteiger partial charge on any atom is 0.233 e. The van der Waals surface area contributed by atoms with Gasteiger partial charge in [0.1, 0.15) is 0 Å². The van der Waals surface area contributed by atoms with Crippen molar-refractivity contribution in [3.8, 4) is 11.4 Å². The molecule has 0 N–H and O–H groups in total. The third-order valence-electron chi connectivity index (χ3n) is 4.72. The van der Waals surface area contributed by atoms with E-state index in [4.69, 9.17) is 0 Å². The molecule has 1 amide bonds. The summed E-state index contributed by atoms with van der Waals surface area (Å²) in [5, 5.41) is 9.53. The number of hydrogen-bond acceptors (Lipinski definition) is 5. The van der Waals surface area contributed by atoms with Gasteiger partial charge in [-0.25, -0.2) is 0 Å². The zero-order valence-electron chi connectivity index (χ0n) is 18.1. The van der Waals surface area contributed by atoms with Gasteiger partial charge in [0.05, 0.1) is 5.75 Å². The van der Waals surface area contributed by atoms with E-state index in [0.29, 0.717) is 12.3 Å². The normalized spacial score (nSPS) is 11.5. The van der Waals surface area contributed by atoms with E-state index in [9.17, 15) is 4.79 Å². The van der Waals surface area contributed by atoms with Crippen LogP contribution in [0, 0.1) is 0 Å². The van der Waals surface area contributed by atoms with Crippen molar-refractivity contribution in [2.75, 3.05) is 5.75 Å². The van der Waals surface area contributed by atoms with Crippen LogP contribution in [0.15, 0.2) is 60.0 Å². The number of carbonyl (C=O) groups excluding carboxylic acids is 1. The van der Waals surface area contributed by atoms with Gasteiger partial charge in [-0.3, -0.25) is 9.78 Å². The van der Waals surface area contributed by atoms with E-state index in [0.717, 1.165) is 35.1 Å². The van der Waals surface area contributed by atoms with Gasteiger partial charge in [-0.15, -0.1) is 10.2 Å². The molecule has 0 aliphatic heterocycles. The van der Waals surface area contributed by atoms with Crippen LogP contribution >= 0.6 is 11.8 Å². The number of rotatable bonds is 8. The molecule has 2 heterocycles. The molecule has 158 valence electrons. The highest BCUT2D eigenvalue weighted by molar-refractivity contribution is 7.99. The third kappa shape index (κ3) is 5.48. The summed E-state index contributed by atoms with van der Waals surface area (Å²) in [5.74, 6) is 1.22. The second-order valence-corrected chi connectivity index (χ2v) is 9.06. The second kappa shape index (κ2) is 9.89. The summed E-state index contributed by atoms with van der Waals surface area (Å²) in [6.07, 6.45) is 4.46. The van der Waals surface area contributed by atoms with Crippen molar-refractivity contribution in [3.05, 3.63) is 60.4 Å². The van der Waals surface area contributed by atoms with E-state index >= 15 is 0 Å². The van der Waals surface area contributed by atoms with Gasteiger partial charge < -0.3 is 9.47 Å². The van der Waals surface area contributed by atoms with Crippen molar-refractivity contribution < 1.29 is 4.79 Å². The molecule has 2 aromatic heterocycles. The van der Waals surface area contributed by atoms with Gasteiger partial charge in [-0.2, -0.15) is 0 Å². The van der Waals surface area contributed by atoms with Gasteiger partial charge in [0.2, 0.25) is 5.91 Å². The van der Waals surface area contributed by atoms with E-state index in [1.807, 2.05) is 35.2 Å². The van der Waals surface area contributed by atoms with Crippen LogP contribution < -0.4 is 0 Å². The number of pyridine rings is 1. The molecule has 0 saturated heterocycles. The Morgan fingerprint density at radius 1 is 1.07 bits per heavy atom. The number of thioether (sulfide) groups is 1. The maximum atomic E-state index is 13.2. The van der Waals surface area contributed by atoms with Crippen LogP contribution in [0.4, 0.5) is 0 Å². The van der Waals surface area contributed by atoms with E-state index in [2.05, 4.69) is 59.6 Å². The van der Waals surface area contributed by atoms with Crippen molar-refractivity contribution >= 4 is 17.7 Å². The zero-order chi connectivity index (χ0) is 21.6. The SMILES string of the molecule is CCCn1c(SCC(=O)N(Cc2ccccc2)C(C)(C)C)nnc1-c1ccncc1. The number of amides is 1. The monoisotopic (exact) mass is 423 g/mol. The van der Waals surface area contributed by atoms with Gasteiger partial charge in [-0.1, -0.05) is 49.0 Å². The minimum Gasteiger partial charge on any atom is -0.333 e. The average molecular weight is 424 g/mol. The minimum absolute atomic E-state index is 0.0906. The zero-order valence-corrected chi connectivity index (χ0v) is 18.9. The molecule has 0 atom stereocenters. The Bertz CT molecular complexity index is 951. The Morgan fingerprint density at radius 3 is 2.40 bits per heavy atom. The van der Waals surface area contributed by atoms with Gasteiger partial charge in [-0.05, 0) is 44.9 Å². The Labute approximate surface area is 182 Å². The van der Waals surface area contributed by atoms with Crippen LogP contribution in [0.2, 0.25) is 0 Å². The largest absolute Gasteiger partial charge is 0.333 e. The quantitative estimate of drug-likeness (QED) is 0.493. The molecule has 0 saturated carbocycles. The fourth-order valence-corrected chi connectivity index (χ4v) is 4.05. The van der Waals surface area contributed by atoms with Crippen LogP contribution in [0.5, 0.6) is 0 Å². The number of carbonyl (C=O) groups is 1. The fourth-order valence-electron chi connectivity index (χ4n) is 3.20. The molecule has 3 rings (SSSR count). The lowest BCUT2D eigenvalue weighted by molar-refractivity contribution is -0.133. The molecular weight excluding hydrogens is 394 g/mol. The number of aromatic nitrogens is 4. The first-order valence-corrected chi connectivity index (χ1v) is 11.2. The van der Waals surface area contributed by atoms with Crippen molar-refractivity contribution in [1.82, 2.24) is 24.6 Å². The van der Waals surface area contributed by atoms with Crippen LogP contribution in [0.25, 0.3) is 11.4 Å². The molecule has 0 spiro atoms. The molecule has 0 aliphatic rings. The lowest BCUT2D eigenvalue weighted by Crippen LogP contribution is -2.45. The van der Waals surface area contributed by atoms with E-state index in [-0.39, 0.29) is 11.4 Å². The molecule has 0 radical (unpaired) electrons. The van der Waals surface area contributed by atoms with E-state index < -0.39 is 0 Å². The summed E-state index contributed by atoms with van der Waals surface area (Å²) in [7, 11) is 0. The lowest BCUT2D eigenvalue weighted by Gasteiger charge is -2.36. The molecule has 7 heteroatoms. The van der Waals surface area contributed by atoms with Crippen molar-refractivity contribution in [1.29, 1.82) is 0 Å². The molecule has 30 heavy (non-hydrogen) atoms. The van der Waals surface area contributed by atoms with Crippen molar-refractivity contribution in [2.45, 2.75) is 57.9 Å². The first kappa shape index (κ1) is 22.0. The Balaban J connectivity index is 1.76. The third-order valence-corrected chi connectivity index (χ3v) is 5.67. The van der Waals surface area contributed by atoms with E-state index in [1.165, 1.54) is 11.8 Å². The number of hydrogen-bond donors (Lipinski definition) is 0. The van der Waals surface area contributed by atoms with Crippen molar-refractivity contribution in [2.24, 2.45) is 0 Å². The van der Waals surface area contributed by atoms with Gasteiger partial charge in [0.15, 0.2) is 11.0 Å². The lowest BCUT2D eigenvalue weighted by atomic mass is 10.0. The first-order chi connectivity index (χ1) is 14.4. The van der Waals surface area contributed by atoms with E-state index in [1.54, 1.807) is 12.4 Å². The summed E-state index contributed by atoms with van der Waals surface area (Å²) in [6, 6.07) is 14.0. The predicted octanol–water partition coefficient (Wildman–Crippen LogP) is 4.67. The highest BCUT2D eigenvalue weighted by Gasteiger charge is 2.27. The highest BCUT2D eigenvalue weighted by atomic mass is 32.2. The molecule has 0 bridgehead atoms. The van der Waals surface area contributed by atoms with Gasteiger partial charge in [0.25, 0.3) is 0 Å². The first-order valence-electron chi connectivity index (χ1n) is 10.2. The maximum absolute atomic E-state index is 13.2. The molecule has 0 unspecified atom stereocenters. The van der Waals surface area contributed by atoms with Crippen LogP contribution in [-0.2, 0) is 17.9 Å². The van der Waals surface area contributed by atoms with Crippen LogP contribution in [0.1, 0.15) is 39.7 Å². The minimum atomic E-state index is -0.271. The molecule has 6 nitrogen and oxygen atoms in total. The molecule has 3 aromatic rings. The molecule has 0 fully saturated rings. The summed E-state index contributed by atoms with van der Waals surface area (Å²) >= 11 is 1.45. The number of nitrogens with zero attached hydrogens (tertiary/aromatic N) is 5. The average Bonchev–Trinajstić information content (AvgIpc) is 3.14.